The number of carbonyl (C=O) groups excluding carboxylic acids is 1. The van der Waals surface area contributed by atoms with Crippen LogP contribution in [0.3, 0.4) is 0 Å². The van der Waals surface area contributed by atoms with Crippen LogP contribution in [0.15, 0.2) is 34.9 Å². The van der Waals surface area contributed by atoms with Crippen molar-refractivity contribution in [2.45, 2.75) is 12.8 Å². The van der Waals surface area contributed by atoms with E-state index < -0.39 is 0 Å². The number of halogens is 1. The second kappa shape index (κ2) is 9.02. The first-order valence-corrected chi connectivity index (χ1v) is 10.0. The molecule has 1 amide bonds. The highest BCUT2D eigenvalue weighted by molar-refractivity contribution is 5.93. The Bertz CT molecular complexity index is 812. The standard InChI is InChI=1S/C21H26FN3O4/c22-17-3-1-16(2-4-17)19-13-18(24-29-19)20(26)23-14-21(5-9-27-10-6-21)15-25-7-11-28-12-8-25/h1-4,13H,5-12,14-15H2,(H,23,26). The molecule has 4 rings (SSSR count). The van der Waals surface area contributed by atoms with Gasteiger partial charge in [0.2, 0.25) is 0 Å². The number of nitrogens with zero attached hydrogens (tertiary/aromatic N) is 2. The Balaban J connectivity index is 1.39. The Hall–Kier alpha value is -2.29. The molecule has 1 aromatic heterocycles. The Morgan fingerprint density at radius 1 is 1.10 bits per heavy atom. The lowest BCUT2D eigenvalue weighted by molar-refractivity contribution is -0.0283. The van der Waals surface area contributed by atoms with Crippen molar-refractivity contribution in [3.8, 4) is 11.3 Å². The van der Waals surface area contributed by atoms with Gasteiger partial charge >= 0.3 is 0 Å². The van der Waals surface area contributed by atoms with Crippen molar-refractivity contribution in [1.29, 1.82) is 0 Å². The van der Waals surface area contributed by atoms with Gasteiger partial charge in [-0.2, -0.15) is 0 Å². The molecule has 0 radical (unpaired) electrons. The zero-order valence-electron chi connectivity index (χ0n) is 16.4. The molecule has 2 fully saturated rings. The first-order valence-electron chi connectivity index (χ1n) is 10.0. The Morgan fingerprint density at radius 2 is 1.79 bits per heavy atom. The van der Waals surface area contributed by atoms with Crippen LogP contribution < -0.4 is 5.32 Å². The minimum absolute atomic E-state index is 0.0191. The number of amides is 1. The summed E-state index contributed by atoms with van der Waals surface area (Å²) >= 11 is 0. The maximum absolute atomic E-state index is 13.1. The fraction of sp³-hybridized carbons (Fsp3) is 0.524. The molecule has 1 aromatic carbocycles. The lowest BCUT2D eigenvalue weighted by Crippen LogP contribution is -2.50. The van der Waals surface area contributed by atoms with E-state index in [4.69, 9.17) is 14.0 Å². The third-order valence-corrected chi connectivity index (χ3v) is 5.71. The molecule has 0 spiro atoms. The zero-order chi connectivity index (χ0) is 20.1. The quantitative estimate of drug-likeness (QED) is 0.798. The largest absolute Gasteiger partial charge is 0.381 e. The first-order chi connectivity index (χ1) is 14.1. The lowest BCUT2D eigenvalue weighted by Gasteiger charge is -2.42. The summed E-state index contributed by atoms with van der Waals surface area (Å²) in [7, 11) is 0. The molecular formula is C21H26FN3O4. The molecule has 0 unspecified atom stereocenters. The molecule has 2 aromatic rings. The zero-order valence-corrected chi connectivity index (χ0v) is 16.4. The van der Waals surface area contributed by atoms with E-state index in [0.717, 1.165) is 45.7 Å². The normalized spacial score (nSPS) is 19.8. The fourth-order valence-electron chi connectivity index (χ4n) is 3.92. The van der Waals surface area contributed by atoms with Gasteiger partial charge in [-0.05, 0) is 37.1 Å². The van der Waals surface area contributed by atoms with Gasteiger partial charge in [-0.15, -0.1) is 0 Å². The van der Waals surface area contributed by atoms with Crippen LogP contribution in [0.4, 0.5) is 4.39 Å². The van der Waals surface area contributed by atoms with Crippen molar-refractivity contribution in [3.63, 3.8) is 0 Å². The van der Waals surface area contributed by atoms with Crippen molar-refractivity contribution >= 4 is 5.91 Å². The third kappa shape index (κ3) is 5.01. The summed E-state index contributed by atoms with van der Waals surface area (Å²) in [5.41, 5.74) is 0.874. The molecule has 0 atom stereocenters. The number of morpholine rings is 1. The van der Waals surface area contributed by atoms with Gasteiger partial charge in [0.05, 0.1) is 13.2 Å². The molecule has 3 heterocycles. The molecule has 0 aliphatic carbocycles. The molecule has 2 aliphatic heterocycles. The number of aromatic nitrogens is 1. The number of carbonyl (C=O) groups is 1. The topological polar surface area (TPSA) is 76.8 Å². The molecule has 29 heavy (non-hydrogen) atoms. The molecule has 2 aliphatic rings. The maximum atomic E-state index is 13.1. The van der Waals surface area contributed by atoms with E-state index in [0.29, 0.717) is 31.1 Å². The van der Waals surface area contributed by atoms with Gasteiger partial charge in [-0.25, -0.2) is 4.39 Å². The second-order valence-corrected chi connectivity index (χ2v) is 7.77. The summed E-state index contributed by atoms with van der Waals surface area (Å²) < 4.78 is 29.4. The third-order valence-electron chi connectivity index (χ3n) is 5.71. The van der Waals surface area contributed by atoms with E-state index in [1.54, 1.807) is 18.2 Å². The molecule has 0 bridgehead atoms. The van der Waals surface area contributed by atoms with E-state index in [2.05, 4.69) is 15.4 Å². The highest BCUT2D eigenvalue weighted by Gasteiger charge is 2.35. The number of nitrogens with one attached hydrogen (secondary N) is 1. The van der Waals surface area contributed by atoms with E-state index in [9.17, 15) is 9.18 Å². The number of ether oxygens (including phenoxy) is 2. The second-order valence-electron chi connectivity index (χ2n) is 7.77. The summed E-state index contributed by atoms with van der Waals surface area (Å²) in [4.78, 5) is 15.1. The lowest BCUT2D eigenvalue weighted by atomic mass is 9.79. The van der Waals surface area contributed by atoms with E-state index in [1.165, 1.54) is 12.1 Å². The van der Waals surface area contributed by atoms with Crippen LogP contribution in [0.1, 0.15) is 23.3 Å². The van der Waals surface area contributed by atoms with Crippen molar-refractivity contribution in [1.82, 2.24) is 15.4 Å². The Morgan fingerprint density at radius 3 is 2.52 bits per heavy atom. The summed E-state index contributed by atoms with van der Waals surface area (Å²) in [5.74, 6) is -0.160. The maximum Gasteiger partial charge on any atom is 0.273 e. The van der Waals surface area contributed by atoms with Crippen LogP contribution in [-0.4, -0.2) is 68.6 Å². The van der Waals surface area contributed by atoms with Crippen molar-refractivity contribution in [2.75, 3.05) is 52.6 Å². The number of hydrogen-bond donors (Lipinski definition) is 1. The van der Waals surface area contributed by atoms with E-state index in [-0.39, 0.29) is 22.8 Å². The van der Waals surface area contributed by atoms with Gasteiger partial charge < -0.3 is 19.3 Å². The molecule has 0 saturated carbocycles. The monoisotopic (exact) mass is 403 g/mol. The van der Waals surface area contributed by atoms with Crippen LogP contribution in [0, 0.1) is 11.2 Å². The molecular weight excluding hydrogens is 377 g/mol. The smallest absolute Gasteiger partial charge is 0.273 e. The predicted octanol–water partition coefficient (Wildman–Crippen LogP) is 2.34. The van der Waals surface area contributed by atoms with Crippen LogP contribution in [0.25, 0.3) is 11.3 Å². The highest BCUT2D eigenvalue weighted by atomic mass is 19.1. The highest BCUT2D eigenvalue weighted by Crippen LogP contribution is 2.31. The molecule has 1 N–H and O–H groups in total. The summed E-state index contributed by atoms with van der Waals surface area (Å²) in [5, 5.41) is 6.92. The Labute approximate surface area is 169 Å². The van der Waals surface area contributed by atoms with Gasteiger partial charge in [0.15, 0.2) is 11.5 Å². The van der Waals surface area contributed by atoms with Gasteiger partial charge in [-0.3, -0.25) is 9.69 Å². The van der Waals surface area contributed by atoms with Crippen LogP contribution in [0.5, 0.6) is 0 Å². The number of benzene rings is 1. The minimum atomic E-state index is -0.326. The molecule has 8 heteroatoms. The molecule has 156 valence electrons. The minimum Gasteiger partial charge on any atom is -0.381 e. The average Bonchev–Trinajstić information content (AvgIpc) is 3.24. The fourth-order valence-corrected chi connectivity index (χ4v) is 3.92. The predicted molar refractivity (Wildman–Crippen MR) is 104 cm³/mol. The summed E-state index contributed by atoms with van der Waals surface area (Å²) in [6, 6.07) is 7.46. The van der Waals surface area contributed by atoms with E-state index >= 15 is 0 Å². The van der Waals surface area contributed by atoms with Crippen molar-refractivity contribution in [3.05, 3.63) is 41.8 Å². The number of hydrogen-bond acceptors (Lipinski definition) is 6. The molecule has 7 nitrogen and oxygen atoms in total. The summed E-state index contributed by atoms with van der Waals surface area (Å²) in [6.07, 6.45) is 1.81. The van der Waals surface area contributed by atoms with Gasteiger partial charge in [0.1, 0.15) is 5.82 Å². The van der Waals surface area contributed by atoms with Crippen molar-refractivity contribution < 1.29 is 23.2 Å². The van der Waals surface area contributed by atoms with Crippen LogP contribution in [0.2, 0.25) is 0 Å². The van der Waals surface area contributed by atoms with Gasteiger partial charge in [0.25, 0.3) is 5.91 Å². The van der Waals surface area contributed by atoms with Crippen LogP contribution in [-0.2, 0) is 9.47 Å². The SMILES string of the molecule is O=C(NCC1(CN2CCOCC2)CCOCC1)c1cc(-c2ccc(F)cc2)on1. The van der Waals surface area contributed by atoms with Gasteiger partial charge in [-0.1, -0.05) is 5.16 Å². The summed E-state index contributed by atoms with van der Waals surface area (Å²) in [6.45, 7) is 6.23. The first kappa shape index (κ1) is 20.0. The van der Waals surface area contributed by atoms with Gasteiger partial charge in [0, 0.05) is 56.4 Å². The number of rotatable bonds is 6. The molecule has 2 saturated heterocycles. The Kier molecular flexibility index (Phi) is 6.22. The van der Waals surface area contributed by atoms with Crippen molar-refractivity contribution in [2.24, 2.45) is 5.41 Å². The average molecular weight is 403 g/mol. The van der Waals surface area contributed by atoms with E-state index in [1.807, 2.05) is 0 Å². The van der Waals surface area contributed by atoms with Crippen LogP contribution >= 0.6 is 0 Å².